The van der Waals surface area contributed by atoms with Gasteiger partial charge in [-0.3, -0.25) is 9.78 Å². The van der Waals surface area contributed by atoms with Crippen molar-refractivity contribution in [3.63, 3.8) is 0 Å². The number of hydrogen-bond donors (Lipinski definition) is 1. The van der Waals surface area contributed by atoms with Gasteiger partial charge < -0.3 is 14.2 Å². The summed E-state index contributed by atoms with van der Waals surface area (Å²) in [5.41, 5.74) is 3.26. The standard InChI is InChI=1S/C23H16ClN3O2.C4H6N2/c1-3-16-5-4-6-19(26-16)17-12-22(28)27(2)21-13-25-20(11-18(17)21)23(29)14-7-9-15(24)10-8-14;1-6-3-2-5-4-6/h1,4-13,23,29H,2H3;2-4H,1H3. The number of halogens is 1. The highest BCUT2D eigenvalue weighted by molar-refractivity contribution is 6.30. The Balaban J connectivity index is 0.000000421. The van der Waals surface area contributed by atoms with Crippen LogP contribution in [0.15, 0.2) is 84.3 Å². The van der Waals surface area contributed by atoms with Gasteiger partial charge in [-0.25, -0.2) is 9.97 Å². The molecule has 0 aliphatic rings. The molecule has 35 heavy (non-hydrogen) atoms. The number of aliphatic hydroxyl groups is 1. The Morgan fingerprint density at radius 1 is 1.11 bits per heavy atom. The molecule has 0 aliphatic carbocycles. The normalized spacial score (nSPS) is 11.4. The summed E-state index contributed by atoms with van der Waals surface area (Å²) in [6.07, 6.45) is 11.5. The van der Waals surface area contributed by atoms with Crippen LogP contribution in [-0.2, 0) is 14.1 Å². The lowest BCUT2D eigenvalue weighted by Gasteiger charge is -2.14. The number of terminal acetylenes is 1. The number of pyridine rings is 3. The highest BCUT2D eigenvalue weighted by atomic mass is 35.5. The Labute approximate surface area is 207 Å². The first kappa shape index (κ1) is 23.9. The molecule has 4 aromatic heterocycles. The first-order chi connectivity index (χ1) is 16.9. The lowest BCUT2D eigenvalue weighted by Crippen LogP contribution is -2.17. The number of aromatic nitrogens is 5. The number of imidazole rings is 1. The fourth-order valence-electron chi connectivity index (χ4n) is 3.53. The Morgan fingerprint density at radius 3 is 2.51 bits per heavy atom. The third-order valence-electron chi connectivity index (χ3n) is 5.43. The molecule has 8 heteroatoms. The molecule has 0 amide bonds. The van der Waals surface area contributed by atoms with Crippen molar-refractivity contribution in [3.05, 3.63) is 112 Å². The van der Waals surface area contributed by atoms with E-state index >= 15 is 0 Å². The number of fused-ring (bicyclic) bond motifs is 1. The Kier molecular flexibility index (Phi) is 7.06. The van der Waals surface area contributed by atoms with Gasteiger partial charge in [0.1, 0.15) is 11.8 Å². The molecule has 0 bridgehead atoms. The van der Waals surface area contributed by atoms with Gasteiger partial charge in [-0.2, -0.15) is 0 Å². The largest absolute Gasteiger partial charge is 0.382 e. The van der Waals surface area contributed by atoms with Gasteiger partial charge in [0.25, 0.3) is 5.56 Å². The van der Waals surface area contributed by atoms with Gasteiger partial charge >= 0.3 is 0 Å². The smallest absolute Gasteiger partial charge is 0.251 e. The summed E-state index contributed by atoms with van der Waals surface area (Å²) < 4.78 is 3.40. The average Bonchev–Trinajstić information content (AvgIpc) is 3.37. The monoisotopic (exact) mass is 483 g/mol. The van der Waals surface area contributed by atoms with Crippen molar-refractivity contribution in [2.45, 2.75) is 6.10 Å². The zero-order chi connectivity index (χ0) is 24.9. The van der Waals surface area contributed by atoms with Crippen LogP contribution in [0.5, 0.6) is 0 Å². The minimum absolute atomic E-state index is 0.187. The molecule has 0 radical (unpaired) electrons. The van der Waals surface area contributed by atoms with Crippen molar-refractivity contribution in [1.82, 2.24) is 24.1 Å². The molecule has 5 rings (SSSR count). The summed E-state index contributed by atoms with van der Waals surface area (Å²) in [6, 6.07) is 15.5. The van der Waals surface area contributed by atoms with E-state index in [0.717, 1.165) is 5.39 Å². The van der Waals surface area contributed by atoms with Crippen LogP contribution in [0.1, 0.15) is 23.1 Å². The lowest BCUT2D eigenvalue weighted by atomic mass is 10.0. The minimum Gasteiger partial charge on any atom is -0.382 e. The highest BCUT2D eigenvalue weighted by Gasteiger charge is 2.16. The van der Waals surface area contributed by atoms with E-state index in [1.54, 1.807) is 74.3 Å². The van der Waals surface area contributed by atoms with E-state index in [0.29, 0.717) is 38.7 Å². The molecule has 4 heterocycles. The van der Waals surface area contributed by atoms with Crippen LogP contribution in [0.2, 0.25) is 5.02 Å². The maximum atomic E-state index is 12.5. The van der Waals surface area contributed by atoms with E-state index in [-0.39, 0.29) is 5.56 Å². The molecule has 0 spiro atoms. The van der Waals surface area contributed by atoms with Crippen LogP contribution < -0.4 is 5.56 Å². The van der Waals surface area contributed by atoms with Crippen LogP contribution in [0, 0.1) is 12.3 Å². The molecule has 0 fully saturated rings. The van der Waals surface area contributed by atoms with Crippen molar-refractivity contribution < 1.29 is 5.11 Å². The fraction of sp³-hybridized carbons (Fsp3) is 0.111. The lowest BCUT2D eigenvalue weighted by molar-refractivity contribution is 0.215. The summed E-state index contributed by atoms with van der Waals surface area (Å²) in [7, 11) is 3.61. The van der Waals surface area contributed by atoms with Crippen LogP contribution in [0.25, 0.3) is 22.2 Å². The highest BCUT2D eigenvalue weighted by Crippen LogP contribution is 2.29. The maximum absolute atomic E-state index is 12.5. The van der Waals surface area contributed by atoms with E-state index < -0.39 is 6.10 Å². The summed E-state index contributed by atoms with van der Waals surface area (Å²) >= 11 is 5.94. The molecule has 1 aromatic carbocycles. The second-order valence-electron chi connectivity index (χ2n) is 7.82. The molecule has 174 valence electrons. The van der Waals surface area contributed by atoms with Gasteiger partial charge in [-0.1, -0.05) is 35.7 Å². The van der Waals surface area contributed by atoms with Crippen LogP contribution in [0.3, 0.4) is 0 Å². The second kappa shape index (κ2) is 10.3. The zero-order valence-corrected chi connectivity index (χ0v) is 19.9. The van der Waals surface area contributed by atoms with Crippen molar-refractivity contribution in [3.8, 4) is 23.6 Å². The van der Waals surface area contributed by atoms with E-state index in [9.17, 15) is 9.90 Å². The topological polar surface area (TPSA) is 85.8 Å². The molecular formula is C27H22ClN5O2. The number of aryl methyl sites for hydroxylation is 2. The first-order valence-electron chi connectivity index (χ1n) is 10.7. The first-order valence-corrected chi connectivity index (χ1v) is 11.0. The van der Waals surface area contributed by atoms with Gasteiger partial charge in [-0.05, 0) is 35.9 Å². The molecule has 1 N–H and O–H groups in total. The summed E-state index contributed by atoms with van der Waals surface area (Å²) in [5.74, 6) is 2.51. The van der Waals surface area contributed by atoms with Gasteiger partial charge in [0.15, 0.2) is 0 Å². The van der Waals surface area contributed by atoms with Gasteiger partial charge in [0, 0.05) is 48.5 Å². The summed E-state index contributed by atoms with van der Waals surface area (Å²) in [4.78, 5) is 25.1. The van der Waals surface area contributed by atoms with E-state index in [1.165, 1.54) is 10.6 Å². The zero-order valence-electron chi connectivity index (χ0n) is 19.1. The molecule has 5 aromatic rings. The van der Waals surface area contributed by atoms with Crippen molar-refractivity contribution in [2.24, 2.45) is 14.1 Å². The number of nitrogens with zero attached hydrogens (tertiary/aromatic N) is 5. The molecule has 0 saturated heterocycles. The second-order valence-corrected chi connectivity index (χ2v) is 8.25. The fourth-order valence-corrected chi connectivity index (χ4v) is 3.66. The van der Waals surface area contributed by atoms with E-state index in [1.807, 2.05) is 17.8 Å². The van der Waals surface area contributed by atoms with Gasteiger partial charge in [0.05, 0.1) is 29.4 Å². The van der Waals surface area contributed by atoms with Crippen molar-refractivity contribution in [1.29, 1.82) is 0 Å². The Morgan fingerprint density at radius 2 is 1.89 bits per heavy atom. The van der Waals surface area contributed by atoms with Gasteiger partial charge in [0.2, 0.25) is 0 Å². The number of rotatable bonds is 3. The van der Waals surface area contributed by atoms with Gasteiger partial charge in [-0.15, -0.1) is 6.42 Å². The molecule has 1 unspecified atom stereocenters. The SMILES string of the molecule is C#Cc1cccc(-c2cc(=O)n(C)c3cnc(C(O)c4ccc(Cl)cc4)cc23)n1.Cn1ccnc1. The Hall–Kier alpha value is -4.25. The van der Waals surface area contributed by atoms with Crippen molar-refractivity contribution in [2.75, 3.05) is 0 Å². The third kappa shape index (κ3) is 5.30. The number of hydrogen-bond acceptors (Lipinski definition) is 5. The van der Waals surface area contributed by atoms with E-state index in [4.69, 9.17) is 18.0 Å². The predicted octanol–water partition coefficient (Wildman–Crippen LogP) is 4.13. The number of benzene rings is 1. The van der Waals surface area contributed by atoms with Crippen LogP contribution in [-0.4, -0.2) is 29.2 Å². The van der Waals surface area contributed by atoms with E-state index in [2.05, 4.69) is 20.9 Å². The average molecular weight is 484 g/mol. The van der Waals surface area contributed by atoms with Crippen molar-refractivity contribution >= 4 is 22.5 Å². The quantitative estimate of drug-likeness (QED) is 0.390. The Bertz CT molecular complexity index is 1570. The molecule has 0 saturated carbocycles. The molecule has 7 nitrogen and oxygen atoms in total. The maximum Gasteiger partial charge on any atom is 0.251 e. The molecular weight excluding hydrogens is 462 g/mol. The molecule has 0 aliphatic heterocycles. The minimum atomic E-state index is -0.938. The predicted molar refractivity (Wildman–Crippen MR) is 137 cm³/mol. The third-order valence-corrected chi connectivity index (χ3v) is 5.68. The van der Waals surface area contributed by atoms with Crippen LogP contribution in [0.4, 0.5) is 0 Å². The van der Waals surface area contributed by atoms with Crippen LogP contribution >= 0.6 is 11.6 Å². The summed E-state index contributed by atoms with van der Waals surface area (Å²) in [6.45, 7) is 0. The molecule has 1 atom stereocenters. The summed E-state index contributed by atoms with van der Waals surface area (Å²) in [5, 5.41) is 12.1. The number of aliphatic hydroxyl groups excluding tert-OH is 1.